The van der Waals surface area contributed by atoms with Crippen LogP contribution in [-0.4, -0.2) is 19.1 Å². The Balaban J connectivity index is 1.76. The van der Waals surface area contributed by atoms with E-state index in [9.17, 15) is 4.79 Å². The predicted octanol–water partition coefficient (Wildman–Crippen LogP) is 2.99. The maximum absolute atomic E-state index is 11.8. The molecule has 0 saturated heterocycles. The van der Waals surface area contributed by atoms with Crippen LogP contribution in [0.2, 0.25) is 0 Å². The van der Waals surface area contributed by atoms with Gasteiger partial charge in [-0.1, -0.05) is 42.5 Å². The molecule has 0 aromatic heterocycles. The van der Waals surface area contributed by atoms with Crippen molar-refractivity contribution in [3.63, 3.8) is 0 Å². The zero-order valence-electron chi connectivity index (χ0n) is 12.3. The van der Waals surface area contributed by atoms with E-state index in [0.717, 1.165) is 17.7 Å². The van der Waals surface area contributed by atoms with Crippen LogP contribution in [0.3, 0.4) is 0 Å². The zero-order chi connectivity index (χ0) is 14.9. The first-order valence-electron chi connectivity index (χ1n) is 7.30. The number of hydrogen-bond donors (Lipinski definition) is 1. The van der Waals surface area contributed by atoms with Crippen LogP contribution in [0.4, 0.5) is 0 Å². The van der Waals surface area contributed by atoms with E-state index in [-0.39, 0.29) is 5.91 Å². The van der Waals surface area contributed by atoms with Gasteiger partial charge in [-0.3, -0.25) is 4.79 Å². The number of benzene rings is 2. The summed E-state index contributed by atoms with van der Waals surface area (Å²) in [5.74, 6) is 0.938. The molecular weight excluding hydrogens is 262 g/mol. The Morgan fingerprint density at radius 1 is 1.05 bits per heavy atom. The van der Waals surface area contributed by atoms with E-state index in [2.05, 4.69) is 5.32 Å². The molecule has 0 saturated carbocycles. The van der Waals surface area contributed by atoms with Crippen LogP contribution < -0.4 is 10.1 Å². The van der Waals surface area contributed by atoms with E-state index < -0.39 is 0 Å². The highest BCUT2D eigenvalue weighted by Crippen LogP contribution is 2.13. The number of rotatable bonds is 7. The molecule has 0 aliphatic carbocycles. The summed E-state index contributed by atoms with van der Waals surface area (Å²) in [5, 5.41) is 2.95. The fourth-order valence-electron chi connectivity index (χ4n) is 2.15. The first kappa shape index (κ1) is 15.1. The average Bonchev–Trinajstić information content (AvgIpc) is 2.49. The molecule has 0 fully saturated rings. The lowest BCUT2D eigenvalue weighted by atomic mass is 10.1. The van der Waals surface area contributed by atoms with E-state index in [1.807, 2.05) is 61.5 Å². The summed E-state index contributed by atoms with van der Waals surface area (Å²) in [4.78, 5) is 11.8. The van der Waals surface area contributed by atoms with Crippen molar-refractivity contribution in [3.05, 3.63) is 65.7 Å². The highest BCUT2D eigenvalue weighted by Gasteiger charge is 2.03. The number of ether oxygens (including phenoxy) is 1. The molecule has 1 N–H and O–H groups in total. The fourth-order valence-corrected chi connectivity index (χ4v) is 2.15. The highest BCUT2D eigenvalue weighted by molar-refractivity contribution is 5.78. The predicted molar refractivity (Wildman–Crippen MR) is 84.5 cm³/mol. The van der Waals surface area contributed by atoms with Gasteiger partial charge in [0.15, 0.2) is 0 Å². The maximum atomic E-state index is 11.8. The van der Waals surface area contributed by atoms with Crippen molar-refractivity contribution < 1.29 is 9.53 Å². The number of nitrogens with one attached hydrogen (secondary N) is 1. The molecule has 0 unspecified atom stereocenters. The van der Waals surface area contributed by atoms with E-state index in [1.54, 1.807) is 0 Å². The van der Waals surface area contributed by atoms with Gasteiger partial charge < -0.3 is 10.1 Å². The largest absolute Gasteiger partial charge is 0.494 e. The molecule has 3 heteroatoms. The lowest BCUT2D eigenvalue weighted by Gasteiger charge is -2.07. The second-order valence-electron chi connectivity index (χ2n) is 4.84. The number of hydrogen-bond acceptors (Lipinski definition) is 2. The summed E-state index contributed by atoms with van der Waals surface area (Å²) in [6.45, 7) is 3.27. The topological polar surface area (TPSA) is 38.3 Å². The van der Waals surface area contributed by atoms with E-state index in [4.69, 9.17) is 4.74 Å². The normalized spacial score (nSPS) is 10.1. The zero-order valence-corrected chi connectivity index (χ0v) is 12.3. The monoisotopic (exact) mass is 283 g/mol. The van der Waals surface area contributed by atoms with Gasteiger partial charge >= 0.3 is 0 Å². The van der Waals surface area contributed by atoms with Gasteiger partial charge in [-0.25, -0.2) is 0 Å². The summed E-state index contributed by atoms with van der Waals surface area (Å²) in [6, 6.07) is 17.8. The second kappa shape index (κ2) is 8.10. The number of carbonyl (C=O) groups excluding carboxylic acids is 1. The summed E-state index contributed by atoms with van der Waals surface area (Å²) in [6.07, 6.45) is 1.24. The number of amides is 1. The van der Waals surface area contributed by atoms with Crippen LogP contribution in [0.1, 0.15) is 18.1 Å². The molecule has 0 aliphatic rings. The van der Waals surface area contributed by atoms with Gasteiger partial charge in [0.25, 0.3) is 0 Å². The van der Waals surface area contributed by atoms with Gasteiger partial charge in [0, 0.05) is 6.54 Å². The Labute approximate surface area is 126 Å². The molecule has 0 atom stereocenters. The van der Waals surface area contributed by atoms with Crippen LogP contribution in [0.15, 0.2) is 54.6 Å². The fraction of sp³-hybridized carbons (Fsp3) is 0.278. The van der Waals surface area contributed by atoms with Crippen molar-refractivity contribution in [3.8, 4) is 5.75 Å². The molecule has 0 spiro atoms. The van der Waals surface area contributed by atoms with Crippen molar-refractivity contribution in [2.45, 2.75) is 19.8 Å². The first-order chi connectivity index (χ1) is 10.3. The van der Waals surface area contributed by atoms with Gasteiger partial charge in [0.05, 0.1) is 13.0 Å². The Morgan fingerprint density at radius 2 is 1.81 bits per heavy atom. The van der Waals surface area contributed by atoms with Crippen molar-refractivity contribution in [2.75, 3.05) is 13.2 Å². The minimum Gasteiger partial charge on any atom is -0.494 e. The van der Waals surface area contributed by atoms with Crippen LogP contribution in [0, 0.1) is 0 Å². The number of carbonyl (C=O) groups is 1. The average molecular weight is 283 g/mol. The van der Waals surface area contributed by atoms with Gasteiger partial charge in [0.1, 0.15) is 5.75 Å². The Kier molecular flexibility index (Phi) is 5.83. The van der Waals surface area contributed by atoms with Crippen molar-refractivity contribution in [1.82, 2.24) is 5.32 Å². The molecule has 110 valence electrons. The quantitative estimate of drug-likeness (QED) is 0.848. The van der Waals surface area contributed by atoms with Crippen LogP contribution in [0.25, 0.3) is 0 Å². The third-order valence-electron chi connectivity index (χ3n) is 3.15. The van der Waals surface area contributed by atoms with Crippen molar-refractivity contribution in [1.29, 1.82) is 0 Å². The Bertz CT molecular complexity index is 566. The summed E-state index contributed by atoms with van der Waals surface area (Å²) in [7, 11) is 0. The third-order valence-corrected chi connectivity index (χ3v) is 3.15. The lowest BCUT2D eigenvalue weighted by molar-refractivity contribution is -0.120. The maximum Gasteiger partial charge on any atom is 0.224 e. The van der Waals surface area contributed by atoms with Gasteiger partial charge in [-0.15, -0.1) is 0 Å². The standard InChI is InChI=1S/C18H21NO2/c1-2-21-17-10-6-9-16(13-17)11-12-19-18(20)14-15-7-4-3-5-8-15/h3-10,13H,2,11-12,14H2,1H3,(H,19,20). The van der Waals surface area contributed by atoms with Crippen LogP contribution in [0.5, 0.6) is 5.75 Å². The van der Waals surface area contributed by atoms with Crippen LogP contribution >= 0.6 is 0 Å². The van der Waals surface area contributed by atoms with Crippen molar-refractivity contribution >= 4 is 5.91 Å². The van der Waals surface area contributed by atoms with E-state index in [1.165, 1.54) is 5.56 Å². The summed E-state index contributed by atoms with van der Waals surface area (Å²) >= 11 is 0. The molecule has 2 aromatic rings. The highest BCUT2D eigenvalue weighted by atomic mass is 16.5. The molecule has 2 rings (SSSR count). The smallest absolute Gasteiger partial charge is 0.224 e. The minimum atomic E-state index is 0.0576. The third kappa shape index (κ3) is 5.30. The molecule has 2 aromatic carbocycles. The van der Waals surface area contributed by atoms with Crippen LogP contribution in [-0.2, 0) is 17.6 Å². The van der Waals surface area contributed by atoms with Gasteiger partial charge in [0.2, 0.25) is 5.91 Å². The molecule has 0 bridgehead atoms. The Hall–Kier alpha value is -2.29. The first-order valence-corrected chi connectivity index (χ1v) is 7.30. The molecule has 0 aliphatic heterocycles. The van der Waals surface area contributed by atoms with Crippen molar-refractivity contribution in [2.24, 2.45) is 0 Å². The van der Waals surface area contributed by atoms with E-state index in [0.29, 0.717) is 19.6 Å². The molecular formula is C18H21NO2. The molecule has 0 heterocycles. The Morgan fingerprint density at radius 3 is 2.57 bits per heavy atom. The molecule has 21 heavy (non-hydrogen) atoms. The minimum absolute atomic E-state index is 0.0576. The lowest BCUT2D eigenvalue weighted by Crippen LogP contribution is -2.27. The molecule has 3 nitrogen and oxygen atoms in total. The molecule has 0 radical (unpaired) electrons. The second-order valence-corrected chi connectivity index (χ2v) is 4.84. The van der Waals surface area contributed by atoms with Gasteiger partial charge in [-0.05, 0) is 36.6 Å². The van der Waals surface area contributed by atoms with E-state index >= 15 is 0 Å². The molecule has 1 amide bonds. The summed E-state index contributed by atoms with van der Waals surface area (Å²) in [5.41, 5.74) is 2.20. The van der Waals surface area contributed by atoms with Gasteiger partial charge in [-0.2, -0.15) is 0 Å². The summed E-state index contributed by atoms with van der Waals surface area (Å²) < 4.78 is 5.47. The SMILES string of the molecule is CCOc1cccc(CCNC(=O)Cc2ccccc2)c1.